The van der Waals surface area contributed by atoms with Crippen molar-refractivity contribution in [2.75, 3.05) is 19.0 Å². The standard InChI is InChI=1S/C13H19FN2/c1-16(2)12-6-5-10(14)9-11(12)13(15)7-3-4-8-13/h5-6,9H,3-4,7-8,15H2,1-2H3. The number of benzene rings is 1. The largest absolute Gasteiger partial charge is 0.377 e. The molecule has 1 aliphatic carbocycles. The molecular formula is C13H19FN2. The van der Waals surface area contributed by atoms with Crippen LogP contribution in [0.2, 0.25) is 0 Å². The Balaban J connectivity index is 2.48. The van der Waals surface area contributed by atoms with Crippen LogP contribution in [-0.2, 0) is 5.54 Å². The number of nitrogens with zero attached hydrogens (tertiary/aromatic N) is 1. The van der Waals surface area contributed by atoms with Crippen molar-refractivity contribution in [3.05, 3.63) is 29.6 Å². The lowest BCUT2D eigenvalue weighted by atomic mass is 9.87. The molecule has 3 heteroatoms. The first-order valence-corrected chi connectivity index (χ1v) is 5.79. The van der Waals surface area contributed by atoms with Gasteiger partial charge in [0.05, 0.1) is 0 Å². The van der Waals surface area contributed by atoms with Crippen molar-refractivity contribution in [2.24, 2.45) is 5.73 Å². The maximum atomic E-state index is 13.4. The lowest BCUT2D eigenvalue weighted by Crippen LogP contribution is -2.35. The highest BCUT2D eigenvalue weighted by atomic mass is 19.1. The minimum absolute atomic E-state index is 0.197. The van der Waals surface area contributed by atoms with E-state index in [-0.39, 0.29) is 11.4 Å². The van der Waals surface area contributed by atoms with E-state index in [4.69, 9.17) is 5.73 Å². The summed E-state index contributed by atoms with van der Waals surface area (Å²) in [5.74, 6) is -0.197. The zero-order valence-corrected chi connectivity index (χ0v) is 9.96. The fraction of sp³-hybridized carbons (Fsp3) is 0.538. The Morgan fingerprint density at radius 1 is 1.25 bits per heavy atom. The summed E-state index contributed by atoms with van der Waals surface area (Å²) in [4.78, 5) is 2.00. The number of halogens is 1. The number of hydrogen-bond donors (Lipinski definition) is 1. The molecule has 0 aliphatic heterocycles. The Labute approximate surface area is 96.2 Å². The molecule has 1 aromatic rings. The van der Waals surface area contributed by atoms with Crippen LogP contribution in [-0.4, -0.2) is 14.1 Å². The van der Waals surface area contributed by atoms with Gasteiger partial charge < -0.3 is 10.6 Å². The molecule has 0 amide bonds. The van der Waals surface area contributed by atoms with Crippen LogP contribution in [0.4, 0.5) is 10.1 Å². The van der Waals surface area contributed by atoms with Crippen LogP contribution in [0.15, 0.2) is 18.2 Å². The number of rotatable bonds is 2. The molecule has 0 radical (unpaired) electrons. The summed E-state index contributed by atoms with van der Waals surface area (Å²) in [5.41, 5.74) is 8.05. The van der Waals surface area contributed by atoms with Gasteiger partial charge in [0.1, 0.15) is 5.82 Å². The monoisotopic (exact) mass is 222 g/mol. The SMILES string of the molecule is CN(C)c1ccc(F)cc1C1(N)CCCC1. The third-order valence-electron chi connectivity index (χ3n) is 3.47. The van der Waals surface area contributed by atoms with Crippen molar-refractivity contribution < 1.29 is 4.39 Å². The molecule has 1 fully saturated rings. The fourth-order valence-corrected chi connectivity index (χ4v) is 2.57. The molecular weight excluding hydrogens is 203 g/mol. The van der Waals surface area contributed by atoms with Crippen LogP contribution in [0, 0.1) is 5.82 Å². The summed E-state index contributed by atoms with van der Waals surface area (Å²) in [6, 6.07) is 4.91. The van der Waals surface area contributed by atoms with Gasteiger partial charge in [-0.3, -0.25) is 0 Å². The molecule has 88 valence electrons. The van der Waals surface area contributed by atoms with Gasteiger partial charge in [0.25, 0.3) is 0 Å². The lowest BCUT2D eigenvalue weighted by Gasteiger charge is -2.29. The zero-order valence-electron chi connectivity index (χ0n) is 9.96. The molecule has 16 heavy (non-hydrogen) atoms. The topological polar surface area (TPSA) is 29.3 Å². The van der Waals surface area contributed by atoms with Crippen LogP contribution in [0.3, 0.4) is 0 Å². The molecule has 0 heterocycles. The Kier molecular flexibility index (Phi) is 2.89. The van der Waals surface area contributed by atoms with Crippen molar-refractivity contribution >= 4 is 5.69 Å². The van der Waals surface area contributed by atoms with Gasteiger partial charge >= 0.3 is 0 Å². The molecule has 0 bridgehead atoms. The van der Waals surface area contributed by atoms with E-state index in [2.05, 4.69) is 0 Å². The average molecular weight is 222 g/mol. The number of nitrogens with two attached hydrogens (primary N) is 1. The Hall–Kier alpha value is -1.09. The highest BCUT2D eigenvalue weighted by molar-refractivity contribution is 5.56. The van der Waals surface area contributed by atoms with Gasteiger partial charge in [-0.15, -0.1) is 0 Å². The first kappa shape index (κ1) is 11.4. The minimum Gasteiger partial charge on any atom is -0.377 e. The predicted molar refractivity (Wildman–Crippen MR) is 65.1 cm³/mol. The molecule has 0 saturated heterocycles. The summed E-state index contributed by atoms with van der Waals surface area (Å²) >= 11 is 0. The normalized spacial score (nSPS) is 18.8. The minimum atomic E-state index is -0.332. The summed E-state index contributed by atoms with van der Waals surface area (Å²) < 4.78 is 13.4. The maximum Gasteiger partial charge on any atom is 0.123 e. The average Bonchev–Trinajstić information content (AvgIpc) is 2.66. The molecule has 1 saturated carbocycles. The van der Waals surface area contributed by atoms with Crippen molar-refractivity contribution in [1.29, 1.82) is 0 Å². The molecule has 0 spiro atoms. The summed E-state index contributed by atoms with van der Waals surface area (Å²) in [5, 5.41) is 0. The molecule has 2 nitrogen and oxygen atoms in total. The smallest absolute Gasteiger partial charge is 0.123 e. The van der Waals surface area contributed by atoms with E-state index in [1.165, 1.54) is 6.07 Å². The summed E-state index contributed by atoms with van der Waals surface area (Å²) in [7, 11) is 3.93. The molecule has 1 aliphatic rings. The van der Waals surface area contributed by atoms with Gasteiger partial charge in [0, 0.05) is 25.3 Å². The Morgan fingerprint density at radius 2 is 1.88 bits per heavy atom. The second-order valence-corrected chi connectivity index (χ2v) is 4.92. The number of hydrogen-bond acceptors (Lipinski definition) is 2. The molecule has 1 aromatic carbocycles. The van der Waals surface area contributed by atoms with E-state index in [0.29, 0.717) is 0 Å². The zero-order chi connectivity index (χ0) is 11.8. The molecule has 2 rings (SSSR count). The van der Waals surface area contributed by atoms with Gasteiger partial charge in [-0.25, -0.2) is 4.39 Å². The first-order chi connectivity index (χ1) is 7.53. The van der Waals surface area contributed by atoms with Crippen LogP contribution in [0.5, 0.6) is 0 Å². The Bertz CT molecular complexity index is 382. The van der Waals surface area contributed by atoms with Crippen molar-refractivity contribution in [2.45, 2.75) is 31.2 Å². The quantitative estimate of drug-likeness (QED) is 0.833. The van der Waals surface area contributed by atoms with E-state index in [1.54, 1.807) is 6.07 Å². The molecule has 0 unspecified atom stereocenters. The van der Waals surface area contributed by atoms with E-state index in [0.717, 1.165) is 36.9 Å². The Morgan fingerprint density at radius 3 is 2.44 bits per heavy atom. The highest BCUT2D eigenvalue weighted by Crippen LogP contribution is 2.40. The fourth-order valence-electron chi connectivity index (χ4n) is 2.57. The molecule has 2 N–H and O–H groups in total. The highest BCUT2D eigenvalue weighted by Gasteiger charge is 2.33. The van der Waals surface area contributed by atoms with E-state index < -0.39 is 0 Å². The second kappa shape index (κ2) is 4.06. The van der Waals surface area contributed by atoms with Gasteiger partial charge in [-0.05, 0) is 36.6 Å². The van der Waals surface area contributed by atoms with E-state index >= 15 is 0 Å². The predicted octanol–water partition coefficient (Wildman–Crippen LogP) is 2.62. The first-order valence-electron chi connectivity index (χ1n) is 5.79. The van der Waals surface area contributed by atoms with E-state index in [9.17, 15) is 4.39 Å². The molecule has 0 atom stereocenters. The van der Waals surface area contributed by atoms with Crippen LogP contribution in [0.25, 0.3) is 0 Å². The lowest BCUT2D eigenvalue weighted by molar-refractivity contribution is 0.458. The second-order valence-electron chi connectivity index (χ2n) is 4.92. The van der Waals surface area contributed by atoms with Gasteiger partial charge in [-0.2, -0.15) is 0 Å². The molecule has 0 aromatic heterocycles. The van der Waals surface area contributed by atoms with Gasteiger partial charge in [-0.1, -0.05) is 12.8 Å². The summed E-state index contributed by atoms with van der Waals surface area (Å²) in [6.07, 6.45) is 4.19. The van der Waals surface area contributed by atoms with Gasteiger partial charge in [0.15, 0.2) is 0 Å². The third kappa shape index (κ3) is 1.92. The van der Waals surface area contributed by atoms with Crippen molar-refractivity contribution in [1.82, 2.24) is 0 Å². The van der Waals surface area contributed by atoms with Crippen molar-refractivity contribution in [3.8, 4) is 0 Å². The van der Waals surface area contributed by atoms with Crippen LogP contribution < -0.4 is 10.6 Å². The van der Waals surface area contributed by atoms with Crippen molar-refractivity contribution in [3.63, 3.8) is 0 Å². The third-order valence-corrected chi connectivity index (χ3v) is 3.47. The van der Waals surface area contributed by atoms with E-state index in [1.807, 2.05) is 25.1 Å². The van der Waals surface area contributed by atoms with Crippen LogP contribution >= 0.6 is 0 Å². The summed E-state index contributed by atoms with van der Waals surface area (Å²) in [6.45, 7) is 0. The maximum absolute atomic E-state index is 13.4. The van der Waals surface area contributed by atoms with Gasteiger partial charge in [0.2, 0.25) is 0 Å². The van der Waals surface area contributed by atoms with Crippen LogP contribution in [0.1, 0.15) is 31.2 Å². The number of anilines is 1.